The first-order valence-electron chi connectivity index (χ1n) is 9.39. The maximum Gasteiger partial charge on any atom is 0.573 e. The number of amides is 1. The maximum atomic E-state index is 13.3. The van der Waals surface area contributed by atoms with Crippen LogP contribution in [0.3, 0.4) is 0 Å². The summed E-state index contributed by atoms with van der Waals surface area (Å²) in [4.78, 5) is 23.2. The first-order valence-corrected chi connectivity index (χ1v) is 9.39. The van der Waals surface area contributed by atoms with Crippen molar-refractivity contribution in [3.63, 3.8) is 0 Å². The summed E-state index contributed by atoms with van der Waals surface area (Å²) in [5, 5.41) is 0. The molecule has 0 aliphatic carbocycles. The average Bonchev–Trinajstić information content (AvgIpc) is 2.71. The van der Waals surface area contributed by atoms with Gasteiger partial charge in [-0.1, -0.05) is 18.2 Å². The second-order valence-electron chi connectivity index (χ2n) is 7.39. The molecule has 0 bridgehead atoms. The molecule has 31 heavy (non-hydrogen) atoms. The topological polar surface area (TPSA) is 64.6 Å². The second-order valence-corrected chi connectivity index (χ2v) is 7.39. The molecule has 0 unspecified atom stereocenters. The Hall–Kier alpha value is -3.62. The highest BCUT2D eigenvalue weighted by atomic mass is 19.4. The van der Waals surface area contributed by atoms with Gasteiger partial charge in [0.1, 0.15) is 17.3 Å². The molecule has 9 heteroatoms. The molecule has 3 aromatic rings. The minimum Gasteiger partial charge on any atom is -0.468 e. The average molecular weight is 429 g/mol. The molecule has 1 amide bonds. The normalized spacial score (nSPS) is 15.3. The third-order valence-corrected chi connectivity index (χ3v) is 4.80. The predicted molar refractivity (Wildman–Crippen MR) is 105 cm³/mol. The van der Waals surface area contributed by atoms with Crippen LogP contribution in [0.1, 0.15) is 30.0 Å². The molecule has 0 spiro atoms. The molecule has 4 rings (SSSR count). The van der Waals surface area contributed by atoms with Gasteiger partial charge in [-0.15, -0.1) is 13.2 Å². The van der Waals surface area contributed by atoms with E-state index in [-0.39, 0.29) is 18.2 Å². The van der Waals surface area contributed by atoms with Crippen molar-refractivity contribution in [3.05, 3.63) is 72.3 Å². The monoisotopic (exact) mass is 429 g/mol. The van der Waals surface area contributed by atoms with Gasteiger partial charge < -0.3 is 9.47 Å². The van der Waals surface area contributed by atoms with E-state index < -0.39 is 12.1 Å². The fraction of sp³-hybridized carbons (Fsp3) is 0.227. The Morgan fingerprint density at radius 1 is 1.03 bits per heavy atom. The molecule has 0 atom stereocenters. The fourth-order valence-electron chi connectivity index (χ4n) is 3.34. The molecule has 0 saturated carbocycles. The molecule has 160 valence electrons. The summed E-state index contributed by atoms with van der Waals surface area (Å²) in [7, 11) is 0. The SMILES string of the molecule is CC1(C)Oc2ccc(-c3ccc(OC(F)(F)F)cc3)cc2C(=O)N1Cc1ncccn1. The summed E-state index contributed by atoms with van der Waals surface area (Å²) < 4.78 is 47.0. The van der Waals surface area contributed by atoms with Crippen molar-refractivity contribution in [2.45, 2.75) is 32.5 Å². The molecule has 2 heterocycles. The van der Waals surface area contributed by atoms with E-state index in [1.807, 2.05) is 0 Å². The molecule has 2 aromatic carbocycles. The Morgan fingerprint density at radius 2 is 1.68 bits per heavy atom. The van der Waals surface area contributed by atoms with E-state index in [1.54, 1.807) is 50.5 Å². The zero-order valence-corrected chi connectivity index (χ0v) is 16.7. The van der Waals surface area contributed by atoms with Crippen molar-refractivity contribution < 1.29 is 27.4 Å². The number of alkyl halides is 3. The number of hydrogen-bond donors (Lipinski definition) is 0. The number of ether oxygens (including phenoxy) is 2. The summed E-state index contributed by atoms with van der Waals surface area (Å²) in [5.74, 6) is 0.343. The van der Waals surface area contributed by atoms with Gasteiger partial charge in [0.2, 0.25) is 0 Å². The van der Waals surface area contributed by atoms with Crippen molar-refractivity contribution in [1.82, 2.24) is 14.9 Å². The maximum absolute atomic E-state index is 13.3. The van der Waals surface area contributed by atoms with Crippen LogP contribution in [0, 0.1) is 0 Å². The second kappa shape index (κ2) is 7.57. The van der Waals surface area contributed by atoms with Crippen LogP contribution < -0.4 is 9.47 Å². The molecular formula is C22H18F3N3O3. The number of hydrogen-bond acceptors (Lipinski definition) is 5. The van der Waals surface area contributed by atoms with Crippen molar-refractivity contribution in [3.8, 4) is 22.6 Å². The van der Waals surface area contributed by atoms with E-state index in [4.69, 9.17) is 4.74 Å². The highest BCUT2D eigenvalue weighted by molar-refractivity contribution is 5.99. The van der Waals surface area contributed by atoms with Gasteiger partial charge in [-0.2, -0.15) is 0 Å². The Morgan fingerprint density at radius 3 is 2.32 bits per heavy atom. The van der Waals surface area contributed by atoms with Crippen molar-refractivity contribution >= 4 is 5.91 Å². The third kappa shape index (κ3) is 4.45. The van der Waals surface area contributed by atoms with Gasteiger partial charge in [-0.05, 0) is 55.3 Å². The Bertz CT molecular complexity index is 1100. The van der Waals surface area contributed by atoms with Gasteiger partial charge in [0.25, 0.3) is 5.91 Å². The summed E-state index contributed by atoms with van der Waals surface area (Å²) in [6.07, 6.45) is -1.55. The number of halogens is 3. The van der Waals surface area contributed by atoms with E-state index in [0.717, 1.165) is 0 Å². The number of carbonyl (C=O) groups excluding carboxylic acids is 1. The van der Waals surface area contributed by atoms with Gasteiger partial charge in [0, 0.05) is 12.4 Å². The molecular weight excluding hydrogens is 411 g/mol. The van der Waals surface area contributed by atoms with Crippen LogP contribution in [0.25, 0.3) is 11.1 Å². The lowest BCUT2D eigenvalue weighted by Crippen LogP contribution is -2.54. The molecule has 0 N–H and O–H groups in total. The lowest BCUT2D eigenvalue weighted by molar-refractivity contribution is -0.274. The summed E-state index contributed by atoms with van der Waals surface area (Å²) in [5.41, 5.74) is 0.725. The van der Waals surface area contributed by atoms with Crippen molar-refractivity contribution in [1.29, 1.82) is 0 Å². The van der Waals surface area contributed by atoms with Crippen LogP contribution in [0.5, 0.6) is 11.5 Å². The number of carbonyl (C=O) groups is 1. The predicted octanol–water partition coefficient (Wildman–Crippen LogP) is 4.81. The van der Waals surface area contributed by atoms with E-state index in [2.05, 4.69) is 14.7 Å². The van der Waals surface area contributed by atoms with E-state index in [1.165, 1.54) is 29.2 Å². The number of benzene rings is 2. The molecule has 0 radical (unpaired) electrons. The van der Waals surface area contributed by atoms with E-state index in [9.17, 15) is 18.0 Å². The molecule has 6 nitrogen and oxygen atoms in total. The third-order valence-electron chi connectivity index (χ3n) is 4.80. The number of aromatic nitrogens is 2. The number of nitrogens with zero attached hydrogens (tertiary/aromatic N) is 3. The zero-order valence-electron chi connectivity index (χ0n) is 16.7. The van der Waals surface area contributed by atoms with E-state index in [0.29, 0.717) is 28.3 Å². The Balaban J connectivity index is 1.63. The summed E-state index contributed by atoms with van der Waals surface area (Å²) in [6, 6.07) is 12.2. The van der Waals surface area contributed by atoms with E-state index >= 15 is 0 Å². The largest absolute Gasteiger partial charge is 0.573 e. The molecule has 0 saturated heterocycles. The lowest BCUT2D eigenvalue weighted by Gasteiger charge is -2.42. The minimum absolute atomic E-state index is 0.166. The van der Waals surface area contributed by atoms with Crippen LogP contribution in [0.2, 0.25) is 0 Å². The van der Waals surface area contributed by atoms with Crippen LogP contribution in [0.15, 0.2) is 60.9 Å². The minimum atomic E-state index is -4.75. The first-order chi connectivity index (χ1) is 14.6. The standard InChI is InChI=1S/C22H18F3N3O3/c1-21(2)28(13-19-26-10-3-11-27-19)20(29)17-12-15(6-9-18(17)31-21)14-4-7-16(8-5-14)30-22(23,24)25/h3-12H,13H2,1-2H3. The van der Waals surface area contributed by atoms with Crippen LogP contribution >= 0.6 is 0 Å². The number of rotatable bonds is 4. The lowest BCUT2D eigenvalue weighted by atomic mass is 9.99. The van der Waals surface area contributed by atoms with Gasteiger partial charge >= 0.3 is 6.36 Å². The first kappa shape index (κ1) is 20.6. The van der Waals surface area contributed by atoms with Crippen LogP contribution in [0.4, 0.5) is 13.2 Å². The zero-order chi connectivity index (χ0) is 22.2. The van der Waals surface area contributed by atoms with Gasteiger partial charge in [0.15, 0.2) is 5.72 Å². The molecule has 0 fully saturated rings. The van der Waals surface area contributed by atoms with Crippen molar-refractivity contribution in [2.24, 2.45) is 0 Å². The summed E-state index contributed by atoms with van der Waals surface area (Å²) >= 11 is 0. The van der Waals surface area contributed by atoms with Gasteiger partial charge in [-0.3, -0.25) is 9.69 Å². The van der Waals surface area contributed by atoms with Crippen molar-refractivity contribution in [2.75, 3.05) is 0 Å². The Labute approximate surface area is 176 Å². The highest BCUT2D eigenvalue weighted by Crippen LogP contribution is 2.37. The fourth-order valence-corrected chi connectivity index (χ4v) is 3.34. The van der Waals surface area contributed by atoms with Gasteiger partial charge in [0.05, 0.1) is 12.1 Å². The Kier molecular flexibility index (Phi) is 5.04. The summed E-state index contributed by atoms with van der Waals surface area (Å²) in [6.45, 7) is 3.73. The van der Waals surface area contributed by atoms with Crippen LogP contribution in [-0.2, 0) is 6.54 Å². The number of fused-ring (bicyclic) bond motifs is 1. The smallest absolute Gasteiger partial charge is 0.468 e. The molecule has 1 aliphatic rings. The molecule has 1 aliphatic heterocycles. The highest BCUT2D eigenvalue weighted by Gasteiger charge is 2.40. The quantitative estimate of drug-likeness (QED) is 0.595. The van der Waals surface area contributed by atoms with Gasteiger partial charge in [-0.25, -0.2) is 9.97 Å². The molecule has 1 aromatic heterocycles. The van der Waals surface area contributed by atoms with Crippen LogP contribution in [-0.4, -0.2) is 32.9 Å².